The molecule has 3 aromatic rings. The van der Waals surface area contributed by atoms with Crippen molar-refractivity contribution in [3.8, 4) is 5.69 Å². The Morgan fingerprint density at radius 2 is 1.76 bits per heavy atom. The predicted octanol–water partition coefficient (Wildman–Crippen LogP) is 4.27. The number of halogens is 1. The van der Waals surface area contributed by atoms with Crippen molar-refractivity contribution in [2.24, 2.45) is 0 Å². The van der Waals surface area contributed by atoms with Crippen molar-refractivity contribution in [1.29, 1.82) is 0 Å². The van der Waals surface area contributed by atoms with Crippen LogP contribution in [0.25, 0.3) is 11.8 Å². The molecule has 5 nitrogen and oxygen atoms in total. The zero-order valence-corrected chi connectivity index (χ0v) is 17.0. The standard InChI is InChI=1S/C22H16ClN3O2S/c1-14-4-2-5-18(12-14)26-21(28)19(20(27)24-22(26)29)13-17-6-3-11-25(17)16-9-7-15(23)8-10-16/h2-13H,1H3,(H,24,27,29)/b19-13-. The van der Waals surface area contributed by atoms with Gasteiger partial charge in [-0.25, -0.2) is 0 Å². The Labute approximate surface area is 178 Å². The van der Waals surface area contributed by atoms with Gasteiger partial charge in [0.05, 0.1) is 5.69 Å². The second kappa shape index (κ2) is 7.66. The Morgan fingerprint density at radius 3 is 2.48 bits per heavy atom. The molecule has 29 heavy (non-hydrogen) atoms. The first-order valence-corrected chi connectivity index (χ1v) is 9.64. The van der Waals surface area contributed by atoms with Crippen LogP contribution in [0.2, 0.25) is 5.02 Å². The van der Waals surface area contributed by atoms with Gasteiger partial charge in [-0.1, -0.05) is 23.7 Å². The van der Waals surface area contributed by atoms with Crippen LogP contribution in [0, 0.1) is 6.92 Å². The van der Waals surface area contributed by atoms with E-state index in [1.807, 2.05) is 60.2 Å². The molecule has 0 radical (unpaired) electrons. The molecule has 1 aliphatic rings. The van der Waals surface area contributed by atoms with Crippen molar-refractivity contribution in [3.05, 3.63) is 88.7 Å². The lowest BCUT2D eigenvalue weighted by Crippen LogP contribution is -2.54. The minimum atomic E-state index is -0.521. The van der Waals surface area contributed by atoms with E-state index in [0.29, 0.717) is 16.4 Å². The molecule has 144 valence electrons. The molecule has 1 fully saturated rings. The number of rotatable bonds is 3. The van der Waals surface area contributed by atoms with E-state index in [1.54, 1.807) is 24.3 Å². The number of aromatic nitrogens is 1. The maximum atomic E-state index is 13.2. The maximum absolute atomic E-state index is 13.2. The first-order chi connectivity index (χ1) is 13.9. The number of thiocarbonyl (C=S) groups is 1. The number of carbonyl (C=O) groups is 2. The van der Waals surface area contributed by atoms with Crippen LogP contribution in [-0.2, 0) is 9.59 Å². The summed E-state index contributed by atoms with van der Waals surface area (Å²) in [5.74, 6) is -0.985. The number of carbonyl (C=O) groups excluding carboxylic acids is 2. The fourth-order valence-corrected chi connectivity index (χ4v) is 3.56. The zero-order valence-electron chi connectivity index (χ0n) is 15.4. The summed E-state index contributed by atoms with van der Waals surface area (Å²) in [5, 5.41) is 3.30. The number of hydrogen-bond acceptors (Lipinski definition) is 3. The van der Waals surface area contributed by atoms with Gasteiger partial charge in [-0.2, -0.15) is 0 Å². The monoisotopic (exact) mass is 421 g/mol. The van der Waals surface area contributed by atoms with Crippen LogP contribution in [0.5, 0.6) is 0 Å². The molecular formula is C22H16ClN3O2S. The summed E-state index contributed by atoms with van der Waals surface area (Å²) >= 11 is 11.2. The van der Waals surface area contributed by atoms with E-state index < -0.39 is 11.8 Å². The number of benzene rings is 2. The van der Waals surface area contributed by atoms with Gasteiger partial charge in [0.15, 0.2) is 5.11 Å². The minimum Gasteiger partial charge on any atom is -0.317 e. The summed E-state index contributed by atoms with van der Waals surface area (Å²) in [4.78, 5) is 27.0. The van der Waals surface area contributed by atoms with E-state index >= 15 is 0 Å². The highest BCUT2D eigenvalue weighted by molar-refractivity contribution is 7.80. The number of anilines is 1. The smallest absolute Gasteiger partial charge is 0.270 e. The second-order valence-electron chi connectivity index (χ2n) is 6.58. The van der Waals surface area contributed by atoms with Gasteiger partial charge in [-0.05, 0) is 79.3 Å². The summed E-state index contributed by atoms with van der Waals surface area (Å²) in [6.07, 6.45) is 3.42. The molecule has 0 bridgehead atoms. The van der Waals surface area contributed by atoms with E-state index in [9.17, 15) is 9.59 Å². The molecule has 1 N–H and O–H groups in total. The molecule has 0 saturated carbocycles. The first-order valence-electron chi connectivity index (χ1n) is 8.85. The third kappa shape index (κ3) is 3.72. The van der Waals surface area contributed by atoms with Gasteiger partial charge < -0.3 is 4.57 Å². The van der Waals surface area contributed by atoms with Crippen molar-refractivity contribution in [2.45, 2.75) is 6.92 Å². The van der Waals surface area contributed by atoms with Gasteiger partial charge in [-0.3, -0.25) is 19.8 Å². The number of aryl methyl sites for hydroxylation is 1. The van der Waals surface area contributed by atoms with Gasteiger partial charge in [-0.15, -0.1) is 0 Å². The van der Waals surface area contributed by atoms with Crippen molar-refractivity contribution in [2.75, 3.05) is 4.90 Å². The lowest BCUT2D eigenvalue weighted by atomic mass is 10.1. The Bertz CT molecular complexity index is 1160. The number of hydrogen-bond donors (Lipinski definition) is 1. The van der Waals surface area contributed by atoms with Crippen LogP contribution >= 0.6 is 23.8 Å². The van der Waals surface area contributed by atoms with Crippen molar-refractivity contribution in [3.63, 3.8) is 0 Å². The van der Waals surface area contributed by atoms with Crippen LogP contribution < -0.4 is 10.2 Å². The highest BCUT2D eigenvalue weighted by atomic mass is 35.5. The molecule has 1 aliphatic heterocycles. The van der Waals surface area contributed by atoms with Crippen LogP contribution in [0.4, 0.5) is 5.69 Å². The summed E-state index contributed by atoms with van der Waals surface area (Å²) in [6, 6.07) is 18.3. The fourth-order valence-electron chi connectivity index (χ4n) is 3.16. The molecule has 0 spiro atoms. The maximum Gasteiger partial charge on any atom is 0.270 e. The molecule has 2 aromatic carbocycles. The zero-order chi connectivity index (χ0) is 20.5. The third-order valence-corrected chi connectivity index (χ3v) is 5.08. The third-order valence-electron chi connectivity index (χ3n) is 4.54. The molecular weight excluding hydrogens is 406 g/mol. The molecule has 1 saturated heterocycles. The van der Waals surface area contributed by atoms with E-state index in [0.717, 1.165) is 11.3 Å². The van der Waals surface area contributed by atoms with Crippen molar-refractivity contribution in [1.82, 2.24) is 9.88 Å². The van der Waals surface area contributed by atoms with E-state index in [-0.39, 0.29) is 10.7 Å². The van der Waals surface area contributed by atoms with Gasteiger partial charge in [0.1, 0.15) is 5.57 Å². The number of nitrogens with one attached hydrogen (secondary N) is 1. The normalized spacial score (nSPS) is 15.7. The van der Waals surface area contributed by atoms with Gasteiger partial charge in [0.2, 0.25) is 0 Å². The summed E-state index contributed by atoms with van der Waals surface area (Å²) in [5.41, 5.74) is 3.15. The average molecular weight is 422 g/mol. The van der Waals surface area contributed by atoms with Crippen LogP contribution in [-0.4, -0.2) is 21.5 Å². The average Bonchev–Trinajstić information content (AvgIpc) is 3.14. The first kappa shape index (κ1) is 19.1. The van der Waals surface area contributed by atoms with Crippen LogP contribution in [0.3, 0.4) is 0 Å². The number of nitrogens with zero attached hydrogens (tertiary/aromatic N) is 2. The Balaban J connectivity index is 1.75. The molecule has 1 aromatic heterocycles. The molecule has 0 atom stereocenters. The van der Waals surface area contributed by atoms with E-state index in [1.165, 1.54) is 4.90 Å². The Kier molecular flexibility index (Phi) is 5.05. The van der Waals surface area contributed by atoms with Gasteiger partial charge >= 0.3 is 0 Å². The van der Waals surface area contributed by atoms with Crippen molar-refractivity contribution >= 4 is 52.5 Å². The topological polar surface area (TPSA) is 54.3 Å². The highest BCUT2D eigenvalue weighted by Gasteiger charge is 2.34. The molecule has 2 heterocycles. The predicted molar refractivity (Wildman–Crippen MR) is 118 cm³/mol. The molecule has 2 amide bonds. The number of amides is 2. The van der Waals surface area contributed by atoms with Crippen LogP contribution in [0.1, 0.15) is 11.3 Å². The van der Waals surface area contributed by atoms with E-state index in [4.69, 9.17) is 23.8 Å². The Hall–Kier alpha value is -3.22. The lowest BCUT2D eigenvalue weighted by molar-refractivity contribution is -0.122. The minimum absolute atomic E-state index is 0.00835. The molecule has 4 rings (SSSR count). The van der Waals surface area contributed by atoms with Crippen LogP contribution in [0.15, 0.2) is 72.4 Å². The quantitative estimate of drug-likeness (QED) is 0.390. The SMILES string of the molecule is Cc1cccc(N2C(=O)/C(=C\c3cccn3-c3ccc(Cl)cc3)C(=O)NC2=S)c1. The van der Waals surface area contributed by atoms with Crippen molar-refractivity contribution < 1.29 is 9.59 Å². The summed E-state index contributed by atoms with van der Waals surface area (Å²) in [6.45, 7) is 1.93. The largest absolute Gasteiger partial charge is 0.317 e. The lowest BCUT2D eigenvalue weighted by Gasteiger charge is -2.29. The Morgan fingerprint density at radius 1 is 1.00 bits per heavy atom. The second-order valence-corrected chi connectivity index (χ2v) is 7.40. The van der Waals surface area contributed by atoms with E-state index in [2.05, 4.69) is 5.32 Å². The van der Waals surface area contributed by atoms with Gasteiger partial charge in [0, 0.05) is 22.6 Å². The fraction of sp³-hybridized carbons (Fsp3) is 0.0455. The summed E-state index contributed by atoms with van der Waals surface area (Å²) < 4.78 is 1.87. The molecule has 0 unspecified atom stereocenters. The molecule has 0 aliphatic carbocycles. The summed E-state index contributed by atoms with van der Waals surface area (Å²) in [7, 11) is 0. The van der Waals surface area contributed by atoms with Gasteiger partial charge in [0.25, 0.3) is 11.8 Å². The molecule has 7 heteroatoms. The highest BCUT2D eigenvalue weighted by Crippen LogP contribution is 2.24.